The van der Waals surface area contributed by atoms with Crippen LogP contribution in [0.15, 0.2) is 48.5 Å². The first kappa shape index (κ1) is 20.0. The van der Waals surface area contributed by atoms with E-state index in [1.807, 2.05) is 26.0 Å². The van der Waals surface area contributed by atoms with Gasteiger partial charge >= 0.3 is 5.97 Å². The quantitative estimate of drug-likeness (QED) is 0.696. The van der Waals surface area contributed by atoms with Crippen molar-refractivity contribution in [2.45, 2.75) is 13.8 Å². The predicted molar refractivity (Wildman–Crippen MR) is 101 cm³/mol. The Hall–Kier alpha value is -3.35. The van der Waals surface area contributed by atoms with Gasteiger partial charge < -0.3 is 20.1 Å². The number of esters is 1. The van der Waals surface area contributed by atoms with E-state index in [1.165, 1.54) is 0 Å². The number of nitrogens with one attached hydrogen (secondary N) is 2. The standard InChI is InChI=1S/C20H22N2O5/c1-3-21-20(25)15-7-5-8-16(11-15)22-18(23)12-27-19(24)13-26-17-9-4-6-14(2)10-17/h4-11H,3,12-13H2,1-2H3,(H,21,25)(H,22,23). The second-order valence-corrected chi connectivity index (χ2v) is 5.75. The predicted octanol–water partition coefficient (Wildman–Crippen LogP) is 2.31. The summed E-state index contributed by atoms with van der Waals surface area (Å²) in [5.41, 5.74) is 1.88. The van der Waals surface area contributed by atoms with Gasteiger partial charge in [-0.2, -0.15) is 0 Å². The molecule has 2 aromatic carbocycles. The van der Waals surface area contributed by atoms with Gasteiger partial charge in [-0.1, -0.05) is 18.2 Å². The first-order chi connectivity index (χ1) is 13.0. The number of benzene rings is 2. The molecule has 0 radical (unpaired) electrons. The molecule has 0 fully saturated rings. The van der Waals surface area contributed by atoms with Crippen LogP contribution in [-0.4, -0.2) is 37.5 Å². The summed E-state index contributed by atoms with van der Waals surface area (Å²) in [6.45, 7) is 3.51. The lowest BCUT2D eigenvalue weighted by molar-refractivity contribution is -0.149. The van der Waals surface area contributed by atoms with Crippen molar-refractivity contribution in [3.63, 3.8) is 0 Å². The third-order valence-electron chi connectivity index (χ3n) is 3.46. The number of hydrogen-bond acceptors (Lipinski definition) is 5. The monoisotopic (exact) mass is 370 g/mol. The van der Waals surface area contributed by atoms with Crippen LogP contribution in [0.5, 0.6) is 5.75 Å². The zero-order chi connectivity index (χ0) is 19.6. The van der Waals surface area contributed by atoms with Gasteiger partial charge in [0.05, 0.1) is 0 Å². The Morgan fingerprint density at radius 3 is 2.52 bits per heavy atom. The van der Waals surface area contributed by atoms with E-state index in [2.05, 4.69) is 10.6 Å². The second kappa shape index (κ2) is 9.96. The summed E-state index contributed by atoms with van der Waals surface area (Å²) in [7, 11) is 0. The number of hydrogen-bond donors (Lipinski definition) is 2. The van der Waals surface area contributed by atoms with Crippen LogP contribution < -0.4 is 15.4 Å². The maximum absolute atomic E-state index is 11.9. The Balaban J connectivity index is 1.78. The number of anilines is 1. The van der Waals surface area contributed by atoms with Crippen molar-refractivity contribution in [3.8, 4) is 5.75 Å². The summed E-state index contributed by atoms with van der Waals surface area (Å²) >= 11 is 0. The summed E-state index contributed by atoms with van der Waals surface area (Å²) < 4.78 is 10.2. The van der Waals surface area contributed by atoms with Crippen LogP contribution in [0.3, 0.4) is 0 Å². The van der Waals surface area contributed by atoms with Gasteiger partial charge in [0, 0.05) is 17.8 Å². The lowest BCUT2D eigenvalue weighted by atomic mass is 10.2. The topological polar surface area (TPSA) is 93.7 Å². The highest BCUT2D eigenvalue weighted by atomic mass is 16.6. The molecule has 0 atom stereocenters. The third kappa shape index (κ3) is 6.81. The smallest absolute Gasteiger partial charge is 0.344 e. The van der Waals surface area contributed by atoms with Crippen molar-refractivity contribution >= 4 is 23.5 Å². The van der Waals surface area contributed by atoms with Gasteiger partial charge in [-0.15, -0.1) is 0 Å². The molecule has 0 saturated heterocycles. The van der Waals surface area contributed by atoms with Crippen LogP contribution in [0, 0.1) is 6.92 Å². The number of ether oxygens (including phenoxy) is 2. The van der Waals surface area contributed by atoms with E-state index in [0.717, 1.165) is 5.56 Å². The molecule has 0 unspecified atom stereocenters. The molecule has 0 heterocycles. The molecule has 2 aromatic rings. The Morgan fingerprint density at radius 1 is 1.00 bits per heavy atom. The van der Waals surface area contributed by atoms with E-state index in [1.54, 1.807) is 36.4 Å². The van der Waals surface area contributed by atoms with E-state index in [9.17, 15) is 14.4 Å². The lowest BCUT2D eigenvalue weighted by Gasteiger charge is -2.09. The van der Waals surface area contributed by atoms with Gasteiger partial charge in [0.1, 0.15) is 5.75 Å². The van der Waals surface area contributed by atoms with Crippen LogP contribution >= 0.6 is 0 Å². The number of amides is 2. The molecule has 2 amide bonds. The summed E-state index contributed by atoms with van der Waals surface area (Å²) in [6.07, 6.45) is 0. The average molecular weight is 370 g/mol. The molecule has 7 nitrogen and oxygen atoms in total. The maximum atomic E-state index is 11.9. The average Bonchev–Trinajstić information content (AvgIpc) is 2.65. The largest absolute Gasteiger partial charge is 0.482 e. The van der Waals surface area contributed by atoms with Crippen LogP contribution in [-0.2, 0) is 14.3 Å². The third-order valence-corrected chi connectivity index (χ3v) is 3.46. The van der Waals surface area contributed by atoms with E-state index < -0.39 is 18.5 Å². The van der Waals surface area contributed by atoms with Crippen LogP contribution in [0.25, 0.3) is 0 Å². The normalized spacial score (nSPS) is 10.0. The SMILES string of the molecule is CCNC(=O)c1cccc(NC(=O)COC(=O)COc2cccc(C)c2)c1. The molecule has 0 bridgehead atoms. The summed E-state index contributed by atoms with van der Waals surface area (Å²) in [6, 6.07) is 13.7. The van der Waals surface area contributed by atoms with Gasteiger partial charge in [0.15, 0.2) is 13.2 Å². The van der Waals surface area contributed by atoms with E-state index in [0.29, 0.717) is 23.5 Å². The van der Waals surface area contributed by atoms with E-state index in [4.69, 9.17) is 9.47 Å². The highest BCUT2D eigenvalue weighted by molar-refractivity contribution is 5.97. The van der Waals surface area contributed by atoms with E-state index in [-0.39, 0.29) is 12.5 Å². The molecule has 27 heavy (non-hydrogen) atoms. The van der Waals surface area contributed by atoms with Crippen molar-refractivity contribution < 1.29 is 23.9 Å². The van der Waals surface area contributed by atoms with Crippen molar-refractivity contribution in [1.82, 2.24) is 5.32 Å². The Labute approximate surface area is 157 Å². The van der Waals surface area contributed by atoms with Gasteiger partial charge in [-0.25, -0.2) is 4.79 Å². The van der Waals surface area contributed by atoms with Crippen molar-refractivity contribution in [2.24, 2.45) is 0 Å². The van der Waals surface area contributed by atoms with Gasteiger partial charge in [0.25, 0.3) is 11.8 Å². The second-order valence-electron chi connectivity index (χ2n) is 5.75. The number of aryl methyl sites for hydroxylation is 1. The Morgan fingerprint density at radius 2 is 1.78 bits per heavy atom. The zero-order valence-electron chi connectivity index (χ0n) is 15.3. The van der Waals surface area contributed by atoms with Gasteiger partial charge in [0.2, 0.25) is 0 Å². The Bertz CT molecular complexity index is 820. The molecule has 0 aliphatic heterocycles. The summed E-state index contributed by atoms with van der Waals surface area (Å²) in [5.74, 6) is -0.832. The molecular formula is C20H22N2O5. The molecule has 142 valence electrons. The van der Waals surface area contributed by atoms with Gasteiger partial charge in [-0.3, -0.25) is 9.59 Å². The molecule has 0 spiro atoms. The van der Waals surface area contributed by atoms with Crippen molar-refractivity contribution in [3.05, 3.63) is 59.7 Å². The minimum Gasteiger partial charge on any atom is -0.482 e. The van der Waals surface area contributed by atoms with Crippen molar-refractivity contribution in [1.29, 1.82) is 0 Å². The minimum absolute atomic E-state index is 0.228. The molecule has 0 aliphatic rings. The highest BCUT2D eigenvalue weighted by Gasteiger charge is 2.10. The molecule has 7 heteroatoms. The van der Waals surface area contributed by atoms with Gasteiger partial charge in [-0.05, 0) is 49.7 Å². The highest BCUT2D eigenvalue weighted by Crippen LogP contribution is 2.12. The maximum Gasteiger partial charge on any atom is 0.344 e. The summed E-state index contributed by atoms with van der Waals surface area (Å²) in [5, 5.41) is 5.26. The lowest BCUT2D eigenvalue weighted by Crippen LogP contribution is -2.24. The fourth-order valence-corrected chi connectivity index (χ4v) is 2.23. The zero-order valence-corrected chi connectivity index (χ0v) is 15.3. The minimum atomic E-state index is -0.650. The number of rotatable bonds is 8. The molecular weight excluding hydrogens is 348 g/mol. The molecule has 2 rings (SSSR count). The van der Waals surface area contributed by atoms with E-state index >= 15 is 0 Å². The first-order valence-electron chi connectivity index (χ1n) is 8.51. The summed E-state index contributed by atoms with van der Waals surface area (Å²) in [4.78, 5) is 35.4. The van der Waals surface area contributed by atoms with Crippen LogP contribution in [0.1, 0.15) is 22.8 Å². The van der Waals surface area contributed by atoms with Crippen molar-refractivity contribution in [2.75, 3.05) is 25.1 Å². The fourth-order valence-electron chi connectivity index (χ4n) is 2.23. The Kier molecular flexibility index (Phi) is 7.37. The van der Waals surface area contributed by atoms with Crippen LogP contribution in [0.4, 0.5) is 5.69 Å². The number of carbonyl (C=O) groups is 3. The molecule has 0 aliphatic carbocycles. The van der Waals surface area contributed by atoms with Crippen LogP contribution in [0.2, 0.25) is 0 Å². The number of carbonyl (C=O) groups excluding carboxylic acids is 3. The molecule has 2 N–H and O–H groups in total. The molecule has 0 saturated carbocycles. The fraction of sp³-hybridized carbons (Fsp3) is 0.250. The first-order valence-corrected chi connectivity index (χ1v) is 8.51. The molecule has 0 aromatic heterocycles.